The van der Waals surface area contributed by atoms with Crippen molar-refractivity contribution in [2.24, 2.45) is 0 Å². The molecule has 1 aliphatic rings. The summed E-state index contributed by atoms with van der Waals surface area (Å²) in [7, 11) is 3.07. The lowest BCUT2D eigenvalue weighted by Crippen LogP contribution is -2.34. The normalized spacial score (nSPS) is 15.2. The van der Waals surface area contributed by atoms with Crippen LogP contribution < -0.4 is 20.1 Å². The molecule has 2 heterocycles. The molecule has 1 aliphatic heterocycles. The fourth-order valence-electron chi connectivity index (χ4n) is 3.54. The zero-order chi connectivity index (χ0) is 23.4. The van der Waals surface area contributed by atoms with Crippen molar-refractivity contribution in [3.05, 3.63) is 58.3 Å². The molecule has 1 aromatic heterocycles. The van der Waals surface area contributed by atoms with Crippen molar-refractivity contribution in [3.8, 4) is 11.5 Å². The summed E-state index contributed by atoms with van der Waals surface area (Å²) in [6, 6.07) is 10.4. The smallest absolute Gasteiger partial charge is 0.322 e. The lowest BCUT2D eigenvalue weighted by Gasteiger charge is -2.23. The van der Waals surface area contributed by atoms with E-state index >= 15 is 0 Å². The number of carbonyl (C=O) groups excluding carboxylic acids is 2. The van der Waals surface area contributed by atoms with Gasteiger partial charge in [-0.3, -0.25) is 4.79 Å². The van der Waals surface area contributed by atoms with Crippen LogP contribution in [0.2, 0.25) is 0 Å². The van der Waals surface area contributed by atoms with Gasteiger partial charge in [0.2, 0.25) is 5.01 Å². The molecule has 1 fully saturated rings. The number of nitrogens with zero attached hydrogens (tertiary/aromatic N) is 3. The third-order valence-electron chi connectivity index (χ3n) is 5.16. The summed E-state index contributed by atoms with van der Waals surface area (Å²) in [4.78, 5) is 27.1. The van der Waals surface area contributed by atoms with Crippen LogP contribution in [0.1, 0.15) is 33.7 Å². The van der Waals surface area contributed by atoms with Crippen LogP contribution in [-0.4, -0.2) is 47.8 Å². The van der Waals surface area contributed by atoms with Gasteiger partial charge in [-0.15, -0.1) is 10.2 Å². The molecule has 3 amide bonds. The van der Waals surface area contributed by atoms with E-state index in [1.54, 1.807) is 29.2 Å². The number of carbonyl (C=O) groups is 2. The van der Waals surface area contributed by atoms with E-state index in [1.165, 1.54) is 32.4 Å². The Hall–Kier alpha value is -3.73. The predicted octanol–water partition coefficient (Wildman–Crippen LogP) is 4.32. The summed E-state index contributed by atoms with van der Waals surface area (Å²) in [6.07, 6.45) is 1.48. The predicted molar refractivity (Wildman–Crippen MR) is 122 cm³/mol. The molecule has 4 rings (SSSR count). The second-order valence-electron chi connectivity index (χ2n) is 7.26. The standard InChI is InChI=1S/C22H22FN5O4S/c1-31-14-10-13(11-15(12-14)32-2)24-22(30)28-9-5-8-18(28)20-26-27-21(33-20)19(29)25-17-7-4-3-6-16(17)23/h3-4,6-7,10-12,18H,5,8-9H2,1-2H3,(H,24,30)(H,25,29)/t18-/m1/s1. The molecule has 0 radical (unpaired) electrons. The Morgan fingerprint density at radius 3 is 2.52 bits per heavy atom. The van der Waals surface area contributed by atoms with Gasteiger partial charge in [0.15, 0.2) is 0 Å². The summed E-state index contributed by atoms with van der Waals surface area (Å²) in [6.45, 7) is 0.536. The van der Waals surface area contributed by atoms with Crippen LogP contribution in [0, 0.1) is 5.82 Å². The second-order valence-corrected chi connectivity index (χ2v) is 8.27. The molecule has 0 aliphatic carbocycles. The maximum Gasteiger partial charge on any atom is 0.322 e. The highest BCUT2D eigenvalue weighted by Crippen LogP contribution is 2.35. The third kappa shape index (κ3) is 5.03. The van der Waals surface area contributed by atoms with Gasteiger partial charge in [0.05, 0.1) is 25.9 Å². The van der Waals surface area contributed by atoms with Gasteiger partial charge in [0, 0.05) is 30.4 Å². The monoisotopic (exact) mass is 471 g/mol. The van der Waals surface area contributed by atoms with Crippen LogP contribution in [0.15, 0.2) is 42.5 Å². The quantitative estimate of drug-likeness (QED) is 0.555. The van der Waals surface area contributed by atoms with Crippen molar-refractivity contribution < 1.29 is 23.5 Å². The molecular weight excluding hydrogens is 449 g/mol. The van der Waals surface area contributed by atoms with Crippen LogP contribution in [0.25, 0.3) is 0 Å². The van der Waals surface area contributed by atoms with Gasteiger partial charge in [-0.25, -0.2) is 9.18 Å². The van der Waals surface area contributed by atoms with Crippen LogP contribution in [0.3, 0.4) is 0 Å². The highest BCUT2D eigenvalue weighted by Gasteiger charge is 2.33. The molecule has 172 valence electrons. The van der Waals surface area contributed by atoms with Crippen molar-refractivity contribution in [2.45, 2.75) is 18.9 Å². The number of amides is 3. The minimum atomic E-state index is -0.554. The summed E-state index contributed by atoms with van der Waals surface area (Å²) in [5.41, 5.74) is 0.596. The lowest BCUT2D eigenvalue weighted by molar-refractivity contribution is 0.102. The van der Waals surface area contributed by atoms with Crippen molar-refractivity contribution in [1.29, 1.82) is 0 Å². The van der Waals surface area contributed by atoms with Crippen LogP contribution >= 0.6 is 11.3 Å². The lowest BCUT2D eigenvalue weighted by atomic mass is 10.2. The van der Waals surface area contributed by atoms with E-state index in [9.17, 15) is 14.0 Å². The molecule has 9 nitrogen and oxygen atoms in total. The Morgan fingerprint density at radius 2 is 1.82 bits per heavy atom. The first kappa shape index (κ1) is 22.5. The molecule has 2 aromatic carbocycles. The molecule has 2 N–H and O–H groups in total. The second kappa shape index (κ2) is 9.82. The Bertz CT molecular complexity index is 1150. The zero-order valence-electron chi connectivity index (χ0n) is 18.0. The molecule has 33 heavy (non-hydrogen) atoms. The van der Waals surface area contributed by atoms with E-state index in [1.807, 2.05) is 0 Å². The number of anilines is 2. The molecule has 0 saturated carbocycles. The van der Waals surface area contributed by atoms with Gasteiger partial charge in [0.1, 0.15) is 22.3 Å². The Balaban J connectivity index is 1.46. The number of aromatic nitrogens is 2. The van der Waals surface area contributed by atoms with E-state index in [-0.39, 0.29) is 22.8 Å². The number of hydrogen-bond donors (Lipinski definition) is 2. The minimum Gasteiger partial charge on any atom is -0.497 e. The Labute approximate surface area is 193 Å². The number of urea groups is 1. The van der Waals surface area contributed by atoms with E-state index in [0.717, 1.165) is 17.8 Å². The average molecular weight is 472 g/mol. The number of benzene rings is 2. The first-order valence-corrected chi connectivity index (χ1v) is 11.0. The van der Waals surface area contributed by atoms with E-state index < -0.39 is 11.7 Å². The maximum atomic E-state index is 13.8. The van der Waals surface area contributed by atoms with Gasteiger partial charge in [-0.2, -0.15) is 0 Å². The van der Waals surface area contributed by atoms with Gasteiger partial charge in [-0.1, -0.05) is 23.5 Å². The van der Waals surface area contributed by atoms with Crippen LogP contribution in [0.5, 0.6) is 11.5 Å². The van der Waals surface area contributed by atoms with Crippen LogP contribution in [0.4, 0.5) is 20.6 Å². The van der Waals surface area contributed by atoms with E-state index in [2.05, 4.69) is 20.8 Å². The SMILES string of the molecule is COc1cc(NC(=O)N2CCC[C@@H]2c2nnc(C(=O)Nc3ccccc3F)s2)cc(OC)c1. The third-order valence-corrected chi connectivity index (χ3v) is 6.18. The molecule has 1 saturated heterocycles. The van der Waals surface area contributed by atoms with Crippen molar-refractivity contribution in [3.63, 3.8) is 0 Å². The van der Waals surface area contributed by atoms with E-state index in [0.29, 0.717) is 35.2 Å². The highest BCUT2D eigenvalue weighted by molar-refractivity contribution is 7.13. The van der Waals surface area contributed by atoms with Gasteiger partial charge in [-0.05, 0) is 25.0 Å². The number of nitrogens with one attached hydrogen (secondary N) is 2. The maximum absolute atomic E-state index is 13.8. The molecule has 0 bridgehead atoms. The Morgan fingerprint density at radius 1 is 1.09 bits per heavy atom. The summed E-state index contributed by atoms with van der Waals surface area (Å²) < 4.78 is 24.3. The van der Waals surface area contributed by atoms with Crippen molar-refractivity contribution >= 4 is 34.6 Å². The molecular formula is C22H22FN5O4S. The number of halogens is 1. The summed E-state index contributed by atoms with van der Waals surface area (Å²) in [5, 5.41) is 14.1. The van der Waals surface area contributed by atoms with E-state index in [4.69, 9.17) is 9.47 Å². The number of likely N-dealkylation sites (tertiary alicyclic amines) is 1. The topological polar surface area (TPSA) is 106 Å². The number of methoxy groups -OCH3 is 2. The van der Waals surface area contributed by atoms with Crippen LogP contribution in [-0.2, 0) is 0 Å². The molecule has 0 unspecified atom stereocenters. The molecule has 0 spiro atoms. The molecule has 11 heteroatoms. The van der Waals surface area contributed by atoms with Crippen molar-refractivity contribution in [1.82, 2.24) is 15.1 Å². The van der Waals surface area contributed by atoms with Crippen molar-refractivity contribution in [2.75, 3.05) is 31.4 Å². The van der Waals surface area contributed by atoms with Gasteiger partial charge in [0.25, 0.3) is 5.91 Å². The van der Waals surface area contributed by atoms with Gasteiger partial charge >= 0.3 is 6.03 Å². The molecule has 3 aromatic rings. The Kier molecular flexibility index (Phi) is 6.68. The number of rotatable bonds is 6. The first-order valence-electron chi connectivity index (χ1n) is 10.2. The highest BCUT2D eigenvalue weighted by atomic mass is 32.1. The fourth-order valence-corrected chi connectivity index (χ4v) is 4.43. The first-order chi connectivity index (χ1) is 16.0. The largest absolute Gasteiger partial charge is 0.497 e. The summed E-state index contributed by atoms with van der Waals surface area (Å²) in [5.74, 6) is 0.0132. The molecule has 1 atom stereocenters. The fraction of sp³-hybridized carbons (Fsp3) is 0.273. The number of para-hydroxylation sites is 1. The summed E-state index contributed by atoms with van der Waals surface area (Å²) >= 11 is 1.08. The zero-order valence-corrected chi connectivity index (χ0v) is 18.8. The minimum absolute atomic E-state index is 0.0647. The number of ether oxygens (including phenoxy) is 2. The average Bonchev–Trinajstić information content (AvgIpc) is 3.50. The van der Waals surface area contributed by atoms with Gasteiger partial charge < -0.3 is 25.0 Å². The number of hydrogen-bond acceptors (Lipinski definition) is 7.